The molecule has 0 unspecified atom stereocenters. The zero-order valence-electron chi connectivity index (χ0n) is 18.5. The van der Waals surface area contributed by atoms with E-state index in [1.807, 2.05) is 54.6 Å². The van der Waals surface area contributed by atoms with Crippen molar-refractivity contribution in [3.8, 4) is 0 Å². The van der Waals surface area contributed by atoms with Gasteiger partial charge in [0.2, 0.25) is 0 Å². The molecule has 0 radical (unpaired) electrons. The van der Waals surface area contributed by atoms with Gasteiger partial charge in [-0.15, -0.1) is 12.4 Å². The summed E-state index contributed by atoms with van der Waals surface area (Å²) in [6.45, 7) is 9.31. The van der Waals surface area contributed by atoms with Gasteiger partial charge in [-0.1, -0.05) is 62.4 Å². The van der Waals surface area contributed by atoms with Crippen LogP contribution in [0, 0.1) is 6.92 Å². The monoisotopic (exact) mass is 438 g/mol. The van der Waals surface area contributed by atoms with Crippen LogP contribution in [-0.2, 0) is 4.74 Å². The summed E-state index contributed by atoms with van der Waals surface area (Å²) in [6, 6.07) is 25.9. The third-order valence-electron chi connectivity index (χ3n) is 5.27. The molecule has 3 aromatic rings. The molecule has 0 bridgehead atoms. The summed E-state index contributed by atoms with van der Waals surface area (Å²) in [5, 5.41) is 0. The van der Waals surface area contributed by atoms with Crippen LogP contribution < -0.4 is 4.90 Å². The van der Waals surface area contributed by atoms with E-state index in [0.717, 1.165) is 42.3 Å². The van der Waals surface area contributed by atoms with E-state index in [2.05, 4.69) is 54.8 Å². The topological polar surface area (TPSA) is 32.8 Å². The number of hydrogen-bond donors (Lipinski definition) is 0. The number of aryl methyl sites for hydroxylation is 1. The van der Waals surface area contributed by atoms with Gasteiger partial charge in [-0.25, -0.2) is 4.79 Å². The average Bonchev–Trinajstić information content (AvgIpc) is 2.79. The lowest BCUT2D eigenvalue weighted by molar-refractivity contribution is 0.0467. The summed E-state index contributed by atoms with van der Waals surface area (Å²) >= 11 is 0. The summed E-state index contributed by atoms with van der Waals surface area (Å²) in [6.07, 6.45) is 0. The SMILES string of the molecule is CCN(CC)CCOC(=O)c1ccccc1N(c1ccccc1)c1ccccc1C.Cl. The molecule has 0 saturated heterocycles. The van der Waals surface area contributed by atoms with Crippen LogP contribution in [0.2, 0.25) is 0 Å². The number of anilines is 3. The highest BCUT2D eigenvalue weighted by Gasteiger charge is 2.21. The molecule has 31 heavy (non-hydrogen) atoms. The average molecular weight is 439 g/mol. The number of halogens is 1. The van der Waals surface area contributed by atoms with Crippen molar-refractivity contribution in [3.63, 3.8) is 0 Å². The van der Waals surface area contributed by atoms with Gasteiger partial charge >= 0.3 is 5.97 Å². The number of nitrogens with zero attached hydrogens (tertiary/aromatic N) is 2. The Bertz CT molecular complexity index is 958. The number of ether oxygens (including phenoxy) is 1. The second kappa shape index (κ2) is 12.1. The van der Waals surface area contributed by atoms with Crippen molar-refractivity contribution in [2.24, 2.45) is 0 Å². The van der Waals surface area contributed by atoms with Crippen LogP contribution in [0.4, 0.5) is 17.1 Å². The van der Waals surface area contributed by atoms with Gasteiger partial charge in [-0.05, 0) is 55.9 Å². The maximum absolute atomic E-state index is 13.0. The van der Waals surface area contributed by atoms with Crippen LogP contribution >= 0.6 is 12.4 Å². The van der Waals surface area contributed by atoms with E-state index in [1.54, 1.807) is 0 Å². The van der Waals surface area contributed by atoms with E-state index in [-0.39, 0.29) is 18.4 Å². The smallest absolute Gasteiger partial charge is 0.340 e. The predicted octanol–water partition coefficient (Wildman–Crippen LogP) is 6.39. The normalized spacial score (nSPS) is 10.5. The molecule has 0 aromatic heterocycles. The summed E-state index contributed by atoms with van der Waals surface area (Å²) in [5.41, 5.74) is 4.53. The Hall–Kier alpha value is -2.82. The van der Waals surface area contributed by atoms with E-state index in [1.165, 1.54) is 0 Å². The number of hydrogen-bond acceptors (Lipinski definition) is 4. The molecule has 0 atom stereocenters. The van der Waals surface area contributed by atoms with Crippen molar-refractivity contribution in [3.05, 3.63) is 90.0 Å². The molecule has 3 rings (SSSR count). The first-order chi connectivity index (χ1) is 14.7. The fraction of sp³-hybridized carbons (Fsp3) is 0.269. The van der Waals surface area contributed by atoms with E-state index >= 15 is 0 Å². The first kappa shape index (κ1) is 24.4. The highest BCUT2D eigenvalue weighted by Crippen LogP contribution is 2.38. The molecule has 5 heteroatoms. The van der Waals surface area contributed by atoms with Gasteiger partial charge in [0.1, 0.15) is 6.61 Å². The van der Waals surface area contributed by atoms with Gasteiger partial charge in [-0.3, -0.25) is 0 Å². The van der Waals surface area contributed by atoms with E-state index < -0.39 is 0 Å². The van der Waals surface area contributed by atoms with Crippen molar-refractivity contribution in [1.29, 1.82) is 0 Å². The molecule has 0 heterocycles. The number of carbonyl (C=O) groups excluding carboxylic acids is 1. The highest BCUT2D eigenvalue weighted by molar-refractivity contribution is 5.99. The first-order valence-electron chi connectivity index (χ1n) is 10.5. The zero-order chi connectivity index (χ0) is 21.3. The van der Waals surface area contributed by atoms with Crippen LogP contribution in [-0.4, -0.2) is 37.1 Å². The Morgan fingerprint density at radius 2 is 1.39 bits per heavy atom. The maximum atomic E-state index is 13.0. The van der Waals surface area contributed by atoms with Gasteiger partial charge in [0, 0.05) is 17.9 Å². The Balaban J connectivity index is 0.00000341. The van der Waals surface area contributed by atoms with Gasteiger partial charge < -0.3 is 14.5 Å². The minimum Gasteiger partial charge on any atom is -0.461 e. The minimum absolute atomic E-state index is 0. The molecule has 0 N–H and O–H groups in total. The number of para-hydroxylation sites is 3. The molecule has 164 valence electrons. The van der Waals surface area contributed by atoms with Gasteiger partial charge in [0.15, 0.2) is 0 Å². The van der Waals surface area contributed by atoms with Gasteiger partial charge in [0.05, 0.1) is 11.3 Å². The van der Waals surface area contributed by atoms with Crippen LogP contribution in [0.3, 0.4) is 0 Å². The molecule has 0 saturated carbocycles. The zero-order valence-corrected chi connectivity index (χ0v) is 19.3. The largest absolute Gasteiger partial charge is 0.461 e. The molecule has 4 nitrogen and oxygen atoms in total. The van der Waals surface area contributed by atoms with Crippen molar-refractivity contribution < 1.29 is 9.53 Å². The molecule has 0 spiro atoms. The first-order valence-corrected chi connectivity index (χ1v) is 10.5. The molecular formula is C26H31ClN2O2. The van der Waals surface area contributed by atoms with Crippen LogP contribution in [0.15, 0.2) is 78.9 Å². The van der Waals surface area contributed by atoms with Crippen LogP contribution in [0.5, 0.6) is 0 Å². The van der Waals surface area contributed by atoms with Gasteiger partial charge in [-0.2, -0.15) is 0 Å². The highest BCUT2D eigenvalue weighted by atomic mass is 35.5. The predicted molar refractivity (Wildman–Crippen MR) is 131 cm³/mol. The summed E-state index contributed by atoms with van der Waals surface area (Å²) in [5.74, 6) is -0.299. The second-order valence-corrected chi connectivity index (χ2v) is 7.14. The number of carbonyl (C=O) groups is 1. The lowest BCUT2D eigenvalue weighted by Crippen LogP contribution is -2.28. The molecule has 0 aliphatic carbocycles. The molecular weight excluding hydrogens is 408 g/mol. The molecule has 0 aliphatic heterocycles. The fourth-order valence-electron chi connectivity index (χ4n) is 3.53. The maximum Gasteiger partial charge on any atom is 0.340 e. The number of rotatable bonds is 9. The van der Waals surface area contributed by atoms with Crippen LogP contribution in [0.25, 0.3) is 0 Å². The summed E-state index contributed by atoms with van der Waals surface area (Å²) in [4.78, 5) is 17.4. The van der Waals surface area contributed by atoms with Crippen molar-refractivity contribution in [2.45, 2.75) is 20.8 Å². The van der Waals surface area contributed by atoms with E-state index in [4.69, 9.17) is 4.74 Å². The lowest BCUT2D eigenvalue weighted by atomic mass is 10.1. The number of benzene rings is 3. The summed E-state index contributed by atoms with van der Waals surface area (Å²) < 4.78 is 5.65. The third kappa shape index (κ3) is 6.09. The number of likely N-dealkylation sites (N-methyl/N-ethyl adjacent to an activating group) is 1. The fourth-order valence-corrected chi connectivity index (χ4v) is 3.53. The Labute approximate surface area is 191 Å². The molecule has 3 aromatic carbocycles. The van der Waals surface area contributed by atoms with E-state index in [0.29, 0.717) is 12.2 Å². The lowest BCUT2D eigenvalue weighted by Gasteiger charge is -2.28. The summed E-state index contributed by atoms with van der Waals surface area (Å²) in [7, 11) is 0. The molecule has 0 aliphatic rings. The van der Waals surface area contributed by atoms with Crippen LogP contribution in [0.1, 0.15) is 29.8 Å². The van der Waals surface area contributed by atoms with Crippen molar-refractivity contribution in [2.75, 3.05) is 31.1 Å². The second-order valence-electron chi connectivity index (χ2n) is 7.14. The quantitative estimate of drug-likeness (QED) is 0.362. The third-order valence-corrected chi connectivity index (χ3v) is 5.27. The van der Waals surface area contributed by atoms with Gasteiger partial charge in [0.25, 0.3) is 0 Å². The van der Waals surface area contributed by atoms with Crippen molar-refractivity contribution >= 4 is 35.4 Å². The standard InChI is InChI=1S/C26H30N2O2.ClH/c1-4-27(5-2)19-20-30-26(29)23-16-10-12-18-25(23)28(22-14-7-6-8-15-22)24-17-11-9-13-21(24)3;/h6-18H,4-5,19-20H2,1-3H3;1H. The Morgan fingerprint density at radius 1 is 0.806 bits per heavy atom. The van der Waals surface area contributed by atoms with E-state index in [9.17, 15) is 4.79 Å². The minimum atomic E-state index is -0.299. The molecule has 0 amide bonds. The Kier molecular flexibility index (Phi) is 9.57. The Morgan fingerprint density at radius 3 is 2.03 bits per heavy atom. The molecule has 0 fully saturated rings. The number of esters is 1. The van der Waals surface area contributed by atoms with Crippen molar-refractivity contribution in [1.82, 2.24) is 4.90 Å².